The number of hydrogen-bond donors (Lipinski definition) is 3. The van der Waals surface area contributed by atoms with Crippen molar-refractivity contribution in [3.05, 3.63) is 59.2 Å². The van der Waals surface area contributed by atoms with Gasteiger partial charge in [0.25, 0.3) is 0 Å². The summed E-state index contributed by atoms with van der Waals surface area (Å²) < 4.78 is 5.14. The van der Waals surface area contributed by atoms with Crippen LogP contribution < -0.4 is 16.0 Å². The van der Waals surface area contributed by atoms with Crippen molar-refractivity contribution in [3.8, 4) is 18.4 Å². The van der Waals surface area contributed by atoms with Gasteiger partial charge in [-0.3, -0.25) is 9.97 Å². The lowest BCUT2D eigenvalue weighted by Gasteiger charge is -2.26. The van der Waals surface area contributed by atoms with E-state index in [0.29, 0.717) is 0 Å². The third kappa shape index (κ3) is 52.2. The summed E-state index contributed by atoms with van der Waals surface area (Å²) in [4.78, 5) is 15.3. The van der Waals surface area contributed by atoms with E-state index in [9.17, 15) is 0 Å². The van der Waals surface area contributed by atoms with Gasteiger partial charge < -0.3 is 35.4 Å². The molecule has 7 saturated heterocycles. The third-order valence-corrected chi connectivity index (χ3v) is 14.7. The first-order valence-corrected chi connectivity index (χ1v) is 30.6. The van der Waals surface area contributed by atoms with Gasteiger partial charge in [0.05, 0.1) is 11.5 Å². The Morgan fingerprint density at radius 2 is 0.974 bits per heavy atom. The van der Waals surface area contributed by atoms with E-state index in [1.165, 1.54) is 154 Å². The SMILES string of the molecule is C#CC(C)(C)C.CC1CCN(C)CC1.CC1CCNCC1.CC1CCOCC1.CCC(C)(C)C#N.C[C@@H]1CCN(C)C1.C[C@@H]1CCNC1.C[C@H]1CCN(C)C1.C[C@H]1CCNC1.Cc1ccc(C)nc1.Cc1ccnc(C)c1. The smallest absolute Gasteiger partial charge is 0.0683 e. The summed E-state index contributed by atoms with van der Waals surface area (Å²) in [6, 6.07) is 10.3. The first-order chi connectivity index (χ1) is 36.2. The number of rotatable bonds is 1. The Morgan fingerprint density at radius 3 is 1.17 bits per heavy atom. The minimum Gasteiger partial charge on any atom is -0.381 e. The van der Waals surface area contributed by atoms with Crippen LogP contribution in [0.5, 0.6) is 0 Å². The van der Waals surface area contributed by atoms with Crippen molar-refractivity contribution in [3.63, 3.8) is 0 Å². The van der Waals surface area contributed by atoms with Crippen LogP contribution in [0.15, 0.2) is 36.7 Å². The van der Waals surface area contributed by atoms with E-state index >= 15 is 0 Å². The molecule has 0 saturated carbocycles. The molecule has 0 amide bonds. The Kier molecular flexibility index (Phi) is 46.3. The minimum absolute atomic E-state index is 0.0694. The van der Waals surface area contributed by atoms with E-state index in [1.54, 1.807) is 0 Å². The lowest BCUT2D eigenvalue weighted by molar-refractivity contribution is 0.0716. The lowest BCUT2D eigenvalue weighted by Crippen LogP contribution is -2.28. The fraction of sp³-hybridized carbons (Fsp3) is 0.806. The highest BCUT2D eigenvalue weighted by molar-refractivity contribution is 5.12. The summed E-state index contributed by atoms with van der Waals surface area (Å²) in [6.45, 7) is 53.3. The molecule has 446 valence electrons. The van der Waals surface area contributed by atoms with Crippen LogP contribution in [-0.2, 0) is 4.74 Å². The van der Waals surface area contributed by atoms with Gasteiger partial charge in [-0.05, 0) is 290 Å². The van der Waals surface area contributed by atoms with Gasteiger partial charge in [-0.25, -0.2) is 0 Å². The quantitative estimate of drug-likeness (QED) is 0.239. The van der Waals surface area contributed by atoms with Gasteiger partial charge in [0, 0.05) is 55.5 Å². The molecule has 7 aliphatic heterocycles. The molecule has 7 aliphatic rings. The summed E-state index contributed by atoms with van der Waals surface area (Å²) in [5.41, 5.74) is 4.62. The van der Waals surface area contributed by atoms with Crippen LogP contribution in [0.4, 0.5) is 0 Å². The molecule has 4 atom stereocenters. The number of aryl methyl sites for hydroxylation is 4. The number of aromatic nitrogens is 2. The molecule has 2 aromatic heterocycles. The number of likely N-dealkylation sites (tertiary alicyclic amines) is 3. The number of nitriles is 1. The van der Waals surface area contributed by atoms with Crippen molar-refractivity contribution in [1.29, 1.82) is 5.26 Å². The Morgan fingerprint density at radius 1 is 0.558 bits per heavy atom. The predicted octanol–water partition coefficient (Wildman–Crippen LogP) is 13.9. The summed E-state index contributed by atoms with van der Waals surface area (Å²) in [6.07, 6.45) is 23.3. The number of pyridine rings is 2. The molecule has 0 radical (unpaired) electrons. The molecule has 9 rings (SSSR count). The third-order valence-electron chi connectivity index (χ3n) is 14.7. The molecule has 0 aromatic carbocycles. The summed E-state index contributed by atoms with van der Waals surface area (Å²) >= 11 is 0. The van der Waals surface area contributed by atoms with Gasteiger partial charge in [-0.2, -0.15) is 5.26 Å². The molecular weight excluding hydrogens is 947 g/mol. The molecule has 7 fully saturated rings. The molecule has 10 nitrogen and oxygen atoms in total. The standard InChI is InChI=1S/C7H15N.2C7H9N.3C6H13N.C6H11N.C6H12O.C6H10.2C5H11N/c1-7-3-5-8(2)6-4-7;1-6-3-4-8-7(2)5-6;1-6-3-4-7(2)8-5-6;2*1-6-3-4-7(2)5-6;1-6-2-4-7-5-3-6;1-4-6(2,3)5-7;1-6-2-4-7-5-3-6;1-5-6(2,3)4;2*1-5-2-3-6-4-5/h7H,3-6H2,1-2H3;2*3-5H,1-2H3;2*6H,3-5H2,1-2H3;6-7H,2-5H2,1H3;4H2,1-3H3;6H,2-5H2,1H3;1H,2-4H3;2*5-6H,2-4H2,1H3/t;;;2*6-;;;;;2*5-/m...10....10/s1. The summed E-state index contributed by atoms with van der Waals surface area (Å²) in [7, 11) is 6.57. The molecule has 77 heavy (non-hydrogen) atoms. The van der Waals surface area contributed by atoms with Gasteiger partial charge in [0.15, 0.2) is 0 Å². The molecule has 0 unspecified atom stereocenters. The molecule has 0 bridgehead atoms. The molecule has 10 heteroatoms. The van der Waals surface area contributed by atoms with E-state index in [-0.39, 0.29) is 10.8 Å². The maximum Gasteiger partial charge on any atom is 0.0683 e. The first kappa shape index (κ1) is 76.1. The fourth-order valence-electron chi connectivity index (χ4n) is 8.14. The number of nitrogens with one attached hydrogen (secondary N) is 3. The molecule has 0 aliphatic carbocycles. The normalized spacial score (nSPS) is 22.6. The van der Waals surface area contributed by atoms with Crippen LogP contribution in [0.1, 0.15) is 183 Å². The van der Waals surface area contributed by atoms with E-state index in [4.69, 9.17) is 16.4 Å². The van der Waals surface area contributed by atoms with Gasteiger partial charge >= 0.3 is 0 Å². The van der Waals surface area contributed by atoms with Gasteiger partial charge in [-0.1, -0.05) is 61.5 Å². The molecular formula is C67H127N9O. The van der Waals surface area contributed by atoms with Crippen molar-refractivity contribution in [2.45, 2.75) is 188 Å². The zero-order valence-corrected chi connectivity index (χ0v) is 54.4. The zero-order valence-electron chi connectivity index (χ0n) is 54.4. The lowest BCUT2D eigenvalue weighted by atomic mass is 9.93. The maximum atomic E-state index is 8.34. The van der Waals surface area contributed by atoms with Crippen LogP contribution >= 0.6 is 0 Å². The average Bonchev–Trinajstić information content (AvgIpc) is 4.24. The topological polar surface area (TPSA) is 105 Å². The van der Waals surface area contributed by atoms with Crippen LogP contribution in [0, 0.1) is 104 Å². The van der Waals surface area contributed by atoms with E-state index in [0.717, 1.165) is 72.4 Å². The van der Waals surface area contributed by atoms with Crippen LogP contribution in [-0.4, -0.2) is 138 Å². The van der Waals surface area contributed by atoms with Crippen LogP contribution in [0.2, 0.25) is 0 Å². The number of piperidine rings is 2. The molecule has 3 N–H and O–H groups in total. The van der Waals surface area contributed by atoms with Crippen molar-refractivity contribution in [1.82, 2.24) is 40.6 Å². The molecule has 2 aromatic rings. The van der Waals surface area contributed by atoms with Crippen molar-refractivity contribution in [2.75, 3.05) is 113 Å². The Bertz CT molecular complexity index is 1580. The molecule has 9 heterocycles. The second-order valence-corrected chi connectivity index (χ2v) is 25.9. The van der Waals surface area contributed by atoms with E-state index < -0.39 is 0 Å². The Labute approximate surface area is 479 Å². The van der Waals surface area contributed by atoms with Crippen molar-refractivity contribution in [2.24, 2.45) is 52.3 Å². The highest BCUT2D eigenvalue weighted by atomic mass is 16.5. The highest BCUT2D eigenvalue weighted by Gasteiger charge is 2.15. The van der Waals surface area contributed by atoms with Crippen molar-refractivity contribution < 1.29 is 4.74 Å². The van der Waals surface area contributed by atoms with Crippen LogP contribution in [0.25, 0.3) is 0 Å². The van der Waals surface area contributed by atoms with Gasteiger partial charge in [0.1, 0.15) is 0 Å². The average molecular weight is 1070 g/mol. The van der Waals surface area contributed by atoms with Gasteiger partial charge in [-0.15, -0.1) is 12.3 Å². The first-order valence-electron chi connectivity index (χ1n) is 30.6. The summed E-state index contributed by atoms with van der Waals surface area (Å²) in [5, 5.41) is 18.2. The van der Waals surface area contributed by atoms with Gasteiger partial charge in [0.2, 0.25) is 0 Å². The Balaban J connectivity index is 0. The second kappa shape index (κ2) is 46.8. The minimum atomic E-state index is -0.111. The maximum absolute atomic E-state index is 8.34. The van der Waals surface area contributed by atoms with E-state index in [1.807, 2.05) is 86.8 Å². The summed E-state index contributed by atoms with van der Waals surface area (Å²) in [5.74, 6) is 9.23. The molecule has 0 spiro atoms. The fourth-order valence-corrected chi connectivity index (χ4v) is 8.14. The number of terminal acetylenes is 1. The monoisotopic (exact) mass is 1070 g/mol. The number of nitrogens with zero attached hydrogens (tertiary/aromatic N) is 6. The number of ether oxygens (including phenoxy) is 1. The van der Waals surface area contributed by atoms with Crippen molar-refractivity contribution >= 4 is 0 Å². The predicted molar refractivity (Wildman–Crippen MR) is 338 cm³/mol. The van der Waals surface area contributed by atoms with E-state index in [2.05, 4.69) is 141 Å². The number of hydrogen-bond acceptors (Lipinski definition) is 10. The highest BCUT2D eigenvalue weighted by Crippen LogP contribution is 2.17. The zero-order chi connectivity index (χ0) is 58.7. The largest absolute Gasteiger partial charge is 0.381 e. The van der Waals surface area contributed by atoms with Crippen LogP contribution in [0.3, 0.4) is 0 Å². The second-order valence-electron chi connectivity index (χ2n) is 25.9. The Hall–Kier alpha value is -2.93.